The van der Waals surface area contributed by atoms with E-state index in [-0.39, 0.29) is 10.6 Å². The van der Waals surface area contributed by atoms with Gasteiger partial charge in [0.15, 0.2) is 0 Å². The second-order valence-corrected chi connectivity index (χ2v) is 4.01. The van der Waals surface area contributed by atoms with E-state index in [0.717, 1.165) is 24.2 Å². The molecule has 0 saturated heterocycles. The molecule has 0 saturated carbocycles. The lowest BCUT2D eigenvalue weighted by atomic mass is 10.1. The molecule has 0 amide bonds. The molecule has 1 aromatic rings. The first-order chi connectivity index (χ1) is 8.63. The zero-order chi connectivity index (χ0) is 13.4. The van der Waals surface area contributed by atoms with Crippen LogP contribution in [0.2, 0.25) is 0 Å². The van der Waals surface area contributed by atoms with E-state index >= 15 is 0 Å². The maximum Gasteiger partial charge on any atom is 0.270 e. The number of hydrogen-bond acceptors (Lipinski definition) is 4. The highest BCUT2D eigenvalue weighted by Crippen LogP contribution is 2.15. The van der Waals surface area contributed by atoms with Gasteiger partial charge in [-0.05, 0) is 12.5 Å². The Hall–Kier alpha value is -1.72. The van der Waals surface area contributed by atoms with Crippen molar-refractivity contribution in [1.82, 2.24) is 5.32 Å². The van der Waals surface area contributed by atoms with Crippen molar-refractivity contribution in [2.24, 2.45) is 0 Å². The zero-order valence-corrected chi connectivity index (χ0v) is 10.7. The third kappa shape index (κ3) is 5.07. The number of non-ortho nitro benzene ring substituents is 1. The second-order valence-electron chi connectivity index (χ2n) is 4.01. The Balaban J connectivity index is 2.58. The van der Waals surface area contributed by atoms with E-state index in [9.17, 15) is 10.1 Å². The van der Waals surface area contributed by atoms with Crippen molar-refractivity contribution in [3.8, 4) is 0 Å². The fourth-order valence-electron chi connectivity index (χ4n) is 1.52. The SMILES string of the molecule is COCCNCC(C)=Cc1cccc([N+](=O)[O-])c1. The molecule has 0 bridgehead atoms. The standard InChI is InChI=1S/C13H18N2O3/c1-11(10-14-6-7-18-2)8-12-4-3-5-13(9-12)15(16)17/h3-5,8-9,14H,6-7,10H2,1-2H3. The van der Waals surface area contributed by atoms with E-state index in [4.69, 9.17) is 4.74 Å². The minimum atomic E-state index is -0.385. The molecular weight excluding hydrogens is 232 g/mol. The molecular formula is C13H18N2O3. The van der Waals surface area contributed by atoms with E-state index in [0.29, 0.717) is 6.61 Å². The summed E-state index contributed by atoms with van der Waals surface area (Å²) in [6, 6.07) is 6.60. The summed E-state index contributed by atoms with van der Waals surface area (Å²) < 4.78 is 4.93. The van der Waals surface area contributed by atoms with Gasteiger partial charge in [-0.3, -0.25) is 10.1 Å². The molecule has 0 aromatic heterocycles. The highest BCUT2D eigenvalue weighted by Gasteiger charge is 2.04. The normalized spacial score (nSPS) is 11.6. The van der Waals surface area contributed by atoms with Crippen molar-refractivity contribution >= 4 is 11.8 Å². The largest absolute Gasteiger partial charge is 0.383 e. The first-order valence-corrected chi connectivity index (χ1v) is 5.75. The summed E-state index contributed by atoms with van der Waals surface area (Å²) in [6.45, 7) is 4.19. The highest BCUT2D eigenvalue weighted by molar-refractivity contribution is 5.56. The van der Waals surface area contributed by atoms with Gasteiger partial charge in [0.05, 0.1) is 11.5 Å². The Morgan fingerprint density at radius 3 is 3.00 bits per heavy atom. The minimum absolute atomic E-state index is 0.115. The van der Waals surface area contributed by atoms with Gasteiger partial charge in [0.25, 0.3) is 5.69 Å². The Bertz CT molecular complexity index is 430. The van der Waals surface area contributed by atoms with Crippen LogP contribution in [0.1, 0.15) is 12.5 Å². The Morgan fingerprint density at radius 1 is 1.56 bits per heavy atom. The molecule has 5 heteroatoms. The average Bonchev–Trinajstić information content (AvgIpc) is 2.35. The Kier molecular flexibility index (Phi) is 6.04. The molecule has 0 atom stereocenters. The predicted octanol–water partition coefficient (Wildman–Crippen LogP) is 2.23. The van der Waals surface area contributed by atoms with Crippen LogP contribution in [0.4, 0.5) is 5.69 Å². The van der Waals surface area contributed by atoms with Crippen LogP contribution in [0.25, 0.3) is 6.08 Å². The number of rotatable bonds is 7. The number of nitro benzene ring substituents is 1. The fraction of sp³-hybridized carbons (Fsp3) is 0.385. The van der Waals surface area contributed by atoms with Crippen molar-refractivity contribution in [3.63, 3.8) is 0 Å². The average molecular weight is 250 g/mol. The smallest absolute Gasteiger partial charge is 0.270 e. The van der Waals surface area contributed by atoms with Crippen molar-refractivity contribution in [2.75, 3.05) is 26.8 Å². The van der Waals surface area contributed by atoms with Crippen LogP contribution in [0.3, 0.4) is 0 Å². The zero-order valence-electron chi connectivity index (χ0n) is 10.7. The first-order valence-electron chi connectivity index (χ1n) is 5.75. The van der Waals surface area contributed by atoms with Gasteiger partial charge < -0.3 is 10.1 Å². The maximum atomic E-state index is 10.6. The highest BCUT2D eigenvalue weighted by atomic mass is 16.6. The monoisotopic (exact) mass is 250 g/mol. The van der Waals surface area contributed by atoms with E-state index in [2.05, 4.69) is 5.32 Å². The Labute approximate surface area is 107 Å². The molecule has 0 aliphatic heterocycles. The first kappa shape index (κ1) is 14.3. The number of benzene rings is 1. The molecule has 0 aliphatic carbocycles. The van der Waals surface area contributed by atoms with Crippen LogP contribution in [-0.2, 0) is 4.74 Å². The summed E-state index contributed by atoms with van der Waals surface area (Å²) in [5, 5.41) is 13.9. The van der Waals surface area contributed by atoms with Gasteiger partial charge in [-0.2, -0.15) is 0 Å². The summed E-state index contributed by atoms with van der Waals surface area (Å²) in [4.78, 5) is 10.3. The van der Waals surface area contributed by atoms with Crippen molar-refractivity contribution < 1.29 is 9.66 Å². The van der Waals surface area contributed by atoms with E-state index in [1.165, 1.54) is 6.07 Å². The molecule has 0 fully saturated rings. The summed E-state index contributed by atoms with van der Waals surface area (Å²) in [5.41, 5.74) is 2.07. The summed E-state index contributed by atoms with van der Waals surface area (Å²) >= 11 is 0. The maximum absolute atomic E-state index is 10.6. The van der Waals surface area contributed by atoms with Gasteiger partial charge in [-0.1, -0.05) is 23.8 Å². The van der Waals surface area contributed by atoms with Crippen LogP contribution in [0.5, 0.6) is 0 Å². The molecule has 1 aromatic carbocycles. The van der Waals surface area contributed by atoms with Crippen LogP contribution < -0.4 is 5.32 Å². The molecule has 0 unspecified atom stereocenters. The molecule has 5 nitrogen and oxygen atoms in total. The summed E-state index contributed by atoms with van der Waals surface area (Å²) in [5.74, 6) is 0. The molecule has 0 radical (unpaired) electrons. The third-order valence-electron chi connectivity index (χ3n) is 2.38. The van der Waals surface area contributed by atoms with Gasteiger partial charge in [0.2, 0.25) is 0 Å². The number of nitrogens with one attached hydrogen (secondary N) is 1. The van der Waals surface area contributed by atoms with Crippen molar-refractivity contribution in [3.05, 3.63) is 45.5 Å². The fourth-order valence-corrected chi connectivity index (χ4v) is 1.52. The molecule has 18 heavy (non-hydrogen) atoms. The molecule has 1 N–H and O–H groups in total. The van der Waals surface area contributed by atoms with Gasteiger partial charge >= 0.3 is 0 Å². The number of hydrogen-bond donors (Lipinski definition) is 1. The number of methoxy groups -OCH3 is 1. The Morgan fingerprint density at radius 2 is 2.33 bits per heavy atom. The van der Waals surface area contributed by atoms with E-state index < -0.39 is 0 Å². The van der Waals surface area contributed by atoms with Gasteiger partial charge in [0, 0.05) is 32.3 Å². The van der Waals surface area contributed by atoms with Crippen LogP contribution >= 0.6 is 0 Å². The second kappa shape index (κ2) is 7.58. The minimum Gasteiger partial charge on any atom is -0.383 e. The van der Waals surface area contributed by atoms with Gasteiger partial charge in [-0.25, -0.2) is 0 Å². The lowest BCUT2D eigenvalue weighted by Gasteiger charge is -2.04. The predicted molar refractivity (Wildman–Crippen MR) is 71.5 cm³/mol. The van der Waals surface area contributed by atoms with Gasteiger partial charge in [-0.15, -0.1) is 0 Å². The number of nitrogens with zero attached hydrogens (tertiary/aromatic N) is 1. The number of ether oxygens (including phenoxy) is 1. The van der Waals surface area contributed by atoms with Crippen molar-refractivity contribution in [2.45, 2.75) is 6.92 Å². The van der Waals surface area contributed by atoms with Crippen LogP contribution in [-0.4, -0.2) is 31.7 Å². The molecule has 0 spiro atoms. The van der Waals surface area contributed by atoms with E-state index in [1.54, 1.807) is 19.2 Å². The van der Waals surface area contributed by atoms with Gasteiger partial charge in [0.1, 0.15) is 0 Å². The summed E-state index contributed by atoms with van der Waals surface area (Å²) in [6.07, 6.45) is 1.94. The molecule has 0 heterocycles. The lowest BCUT2D eigenvalue weighted by Crippen LogP contribution is -2.20. The molecule has 98 valence electrons. The molecule has 0 aliphatic rings. The lowest BCUT2D eigenvalue weighted by molar-refractivity contribution is -0.384. The topological polar surface area (TPSA) is 64.4 Å². The van der Waals surface area contributed by atoms with E-state index in [1.807, 2.05) is 19.1 Å². The van der Waals surface area contributed by atoms with Crippen LogP contribution in [0, 0.1) is 10.1 Å². The quantitative estimate of drug-likeness (QED) is 0.458. The summed E-state index contributed by atoms with van der Waals surface area (Å²) in [7, 11) is 1.66. The van der Waals surface area contributed by atoms with Crippen molar-refractivity contribution in [1.29, 1.82) is 0 Å². The third-order valence-corrected chi connectivity index (χ3v) is 2.38. The number of nitro groups is 1. The molecule has 1 rings (SSSR count). The van der Waals surface area contributed by atoms with Crippen LogP contribution in [0.15, 0.2) is 29.8 Å².